The van der Waals surface area contributed by atoms with E-state index in [0.717, 1.165) is 23.6 Å². The van der Waals surface area contributed by atoms with Crippen LogP contribution in [0.2, 0.25) is 0 Å². The minimum absolute atomic E-state index is 0.144. The Hall–Kier alpha value is -0.670. The second kappa shape index (κ2) is 6.31. The van der Waals surface area contributed by atoms with Crippen LogP contribution in [0.4, 0.5) is 0 Å². The number of aryl methyl sites for hydroxylation is 1. The summed E-state index contributed by atoms with van der Waals surface area (Å²) >= 11 is 0. The maximum absolute atomic E-state index is 12.0. The molecular formula is C14H23NOS. The molecule has 0 radical (unpaired) electrons. The van der Waals surface area contributed by atoms with Crippen molar-refractivity contribution in [1.29, 1.82) is 0 Å². The molecule has 0 heterocycles. The Labute approximate surface area is 107 Å². The van der Waals surface area contributed by atoms with Crippen LogP contribution >= 0.6 is 0 Å². The van der Waals surface area contributed by atoms with E-state index < -0.39 is 10.8 Å². The summed E-state index contributed by atoms with van der Waals surface area (Å²) in [7, 11) is -0.862. The Bertz CT molecular complexity index is 382. The van der Waals surface area contributed by atoms with E-state index in [9.17, 15) is 4.21 Å². The van der Waals surface area contributed by atoms with Crippen LogP contribution < -0.4 is 5.32 Å². The molecule has 1 aromatic carbocycles. The number of hydrogen-bond donors (Lipinski definition) is 1. The van der Waals surface area contributed by atoms with Crippen molar-refractivity contribution in [2.75, 3.05) is 12.3 Å². The highest BCUT2D eigenvalue weighted by molar-refractivity contribution is 7.85. The largest absolute Gasteiger partial charge is 0.312 e. The van der Waals surface area contributed by atoms with E-state index in [1.165, 1.54) is 5.56 Å². The van der Waals surface area contributed by atoms with Crippen molar-refractivity contribution in [3.8, 4) is 0 Å². The van der Waals surface area contributed by atoms with Gasteiger partial charge < -0.3 is 5.32 Å². The topological polar surface area (TPSA) is 29.1 Å². The van der Waals surface area contributed by atoms with Gasteiger partial charge in [0, 0.05) is 16.2 Å². The molecule has 0 saturated carbocycles. The number of nitrogens with one attached hydrogen (secondary N) is 1. The molecule has 0 fully saturated rings. The third kappa shape index (κ3) is 5.99. The van der Waals surface area contributed by atoms with Crippen molar-refractivity contribution < 1.29 is 4.21 Å². The van der Waals surface area contributed by atoms with E-state index in [1.54, 1.807) is 0 Å². The molecule has 0 aliphatic heterocycles. The standard InChI is InChI=1S/C14H23NOS/c1-12-7-5-8-13(11-12)17(16)10-6-9-15-14(2,3)4/h5,7-8,11,15H,6,9-10H2,1-4H3. The van der Waals surface area contributed by atoms with Gasteiger partial charge in [0.15, 0.2) is 0 Å². The summed E-state index contributed by atoms with van der Waals surface area (Å²) in [4.78, 5) is 0.945. The molecule has 0 amide bonds. The summed E-state index contributed by atoms with van der Waals surface area (Å²) in [6.45, 7) is 9.38. The van der Waals surface area contributed by atoms with E-state index >= 15 is 0 Å². The van der Waals surface area contributed by atoms with Gasteiger partial charge >= 0.3 is 0 Å². The number of hydrogen-bond acceptors (Lipinski definition) is 2. The fourth-order valence-electron chi connectivity index (χ4n) is 1.54. The molecule has 1 rings (SSSR count). The second-order valence-electron chi connectivity index (χ2n) is 5.40. The first-order valence-corrected chi connectivity index (χ1v) is 7.40. The smallest absolute Gasteiger partial charge is 0.0530 e. The molecule has 0 bridgehead atoms. The lowest BCUT2D eigenvalue weighted by Gasteiger charge is -2.20. The van der Waals surface area contributed by atoms with Gasteiger partial charge in [0.25, 0.3) is 0 Å². The molecule has 0 spiro atoms. The highest BCUT2D eigenvalue weighted by Crippen LogP contribution is 2.10. The zero-order chi connectivity index (χ0) is 12.9. The SMILES string of the molecule is Cc1cccc(S(=O)CCCNC(C)(C)C)c1. The third-order valence-corrected chi connectivity index (χ3v) is 3.85. The van der Waals surface area contributed by atoms with Crippen LogP contribution in [0.25, 0.3) is 0 Å². The molecule has 2 nitrogen and oxygen atoms in total. The van der Waals surface area contributed by atoms with Gasteiger partial charge in [-0.05, 0) is 58.4 Å². The summed E-state index contributed by atoms with van der Waals surface area (Å²) in [5.41, 5.74) is 1.31. The summed E-state index contributed by atoms with van der Waals surface area (Å²) in [6.07, 6.45) is 0.942. The van der Waals surface area contributed by atoms with Crippen molar-refractivity contribution in [2.24, 2.45) is 0 Å². The molecule has 96 valence electrons. The van der Waals surface area contributed by atoms with Gasteiger partial charge in [-0.25, -0.2) is 0 Å². The van der Waals surface area contributed by atoms with Gasteiger partial charge in [-0.2, -0.15) is 0 Å². The van der Waals surface area contributed by atoms with Crippen LogP contribution in [0.3, 0.4) is 0 Å². The Balaban J connectivity index is 2.36. The number of rotatable bonds is 5. The monoisotopic (exact) mass is 253 g/mol. The van der Waals surface area contributed by atoms with Crippen LogP contribution in [0.15, 0.2) is 29.2 Å². The maximum atomic E-state index is 12.0. The Morgan fingerprint density at radius 3 is 2.59 bits per heavy atom. The molecule has 3 heteroatoms. The van der Waals surface area contributed by atoms with Crippen LogP contribution in [0.5, 0.6) is 0 Å². The van der Waals surface area contributed by atoms with E-state index in [4.69, 9.17) is 0 Å². The van der Waals surface area contributed by atoms with E-state index in [-0.39, 0.29) is 5.54 Å². The van der Waals surface area contributed by atoms with Crippen molar-refractivity contribution in [1.82, 2.24) is 5.32 Å². The summed E-state index contributed by atoms with van der Waals surface area (Å²) in [5, 5.41) is 3.41. The molecule has 1 N–H and O–H groups in total. The van der Waals surface area contributed by atoms with Crippen molar-refractivity contribution in [2.45, 2.75) is 44.6 Å². The van der Waals surface area contributed by atoms with Gasteiger partial charge in [-0.1, -0.05) is 12.1 Å². The highest BCUT2D eigenvalue weighted by Gasteiger charge is 2.08. The first-order valence-electron chi connectivity index (χ1n) is 6.08. The molecule has 0 aliphatic carbocycles. The molecule has 0 aromatic heterocycles. The van der Waals surface area contributed by atoms with E-state index in [0.29, 0.717) is 0 Å². The van der Waals surface area contributed by atoms with Gasteiger partial charge in [0.1, 0.15) is 0 Å². The first kappa shape index (κ1) is 14.4. The maximum Gasteiger partial charge on any atom is 0.0530 e. The normalized spacial score (nSPS) is 13.6. The second-order valence-corrected chi connectivity index (χ2v) is 6.97. The predicted octanol–water partition coefficient (Wildman–Crippen LogP) is 2.88. The van der Waals surface area contributed by atoms with Crippen molar-refractivity contribution in [3.05, 3.63) is 29.8 Å². The Morgan fingerprint density at radius 1 is 1.29 bits per heavy atom. The molecule has 0 saturated heterocycles. The lowest BCUT2D eigenvalue weighted by molar-refractivity contribution is 0.427. The minimum Gasteiger partial charge on any atom is -0.312 e. The van der Waals surface area contributed by atoms with E-state index in [1.807, 2.05) is 31.2 Å². The number of benzene rings is 1. The average molecular weight is 253 g/mol. The fraction of sp³-hybridized carbons (Fsp3) is 0.571. The van der Waals surface area contributed by atoms with Crippen LogP contribution in [0.1, 0.15) is 32.8 Å². The fourth-order valence-corrected chi connectivity index (χ4v) is 2.73. The summed E-state index contributed by atoms with van der Waals surface area (Å²) in [5.74, 6) is 0.729. The van der Waals surface area contributed by atoms with E-state index in [2.05, 4.69) is 26.1 Å². The molecule has 17 heavy (non-hydrogen) atoms. The van der Waals surface area contributed by atoms with Crippen LogP contribution in [0, 0.1) is 6.92 Å². The Kier molecular flexibility index (Phi) is 5.34. The molecule has 1 atom stereocenters. The van der Waals surface area contributed by atoms with Crippen molar-refractivity contribution >= 4 is 10.8 Å². The molecular weight excluding hydrogens is 230 g/mol. The molecule has 0 aliphatic rings. The van der Waals surface area contributed by atoms with Crippen molar-refractivity contribution in [3.63, 3.8) is 0 Å². The third-order valence-electron chi connectivity index (χ3n) is 2.41. The zero-order valence-corrected chi connectivity index (χ0v) is 12.1. The quantitative estimate of drug-likeness (QED) is 0.818. The van der Waals surface area contributed by atoms with Crippen LogP contribution in [-0.4, -0.2) is 22.0 Å². The van der Waals surface area contributed by atoms with Gasteiger partial charge in [-0.15, -0.1) is 0 Å². The predicted molar refractivity (Wildman–Crippen MR) is 74.8 cm³/mol. The zero-order valence-electron chi connectivity index (χ0n) is 11.2. The van der Waals surface area contributed by atoms with Crippen LogP contribution in [-0.2, 0) is 10.8 Å². The summed E-state index contributed by atoms with van der Waals surface area (Å²) in [6, 6.07) is 7.95. The van der Waals surface area contributed by atoms with Gasteiger partial charge in [0.2, 0.25) is 0 Å². The first-order chi connectivity index (χ1) is 7.88. The Morgan fingerprint density at radius 2 is 2.00 bits per heavy atom. The van der Waals surface area contributed by atoms with Gasteiger partial charge in [0.05, 0.1) is 10.8 Å². The summed E-state index contributed by atoms with van der Waals surface area (Å²) < 4.78 is 12.0. The lowest BCUT2D eigenvalue weighted by atomic mass is 10.1. The minimum atomic E-state index is -0.862. The lowest BCUT2D eigenvalue weighted by Crippen LogP contribution is -2.36. The average Bonchev–Trinajstić information content (AvgIpc) is 2.23. The highest BCUT2D eigenvalue weighted by atomic mass is 32.2. The molecule has 1 unspecified atom stereocenters. The van der Waals surface area contributed by atoms with Gasteiger partial charge in [-0.3, -0.25) is 4.21 Å². The molecule has 1 aromatic rings.